The van der Waals surface area contributed by atoms with Gasteiger partial charge >= 0.3 is 6.18 Å². The van der Waals surface area contributed by atoms with Gasteiger partial charge in [0.2, 0.25) is 0 Å². The molecule has 118 valence electrons. The van der Waals surface area contributed by atoms with Crippen LogP contribution in [0.5, 0.6) is 0 Å². The summed E-state index contributed by atoms with van der Waals surface area (Å²) < 4.78 is 37.9. The molecule has 2 aliphatic heterocycles. The van der Waals surface area contributed by atoms with Gasteiger partial charge in [0.25, 0.3) is 0 Å². The molecule has 0 radical (unpaired) electrons. The lowest BCUT2D eigenvalue weighted by atomic mass is 9.80. The molecule has 2 aliphatic rings. The second-order valence-electron chi connectivity index (χ2n) is 6.48. The van der Waals surface area contributed by atoms with E-state index in [2.05, 4.69) is 17.1 Å². The third-order valence-electron chi connectivity index (χ3n) is 4.75. The highest BCUT2D eigenvalue weighted by molar-refractivity contribution is 4.97. The topological polar surface area (TPSA) is 15.3 Å². The zero-order valence-electron chi connectivity index (χ0n) is 12.5. The van der Waals surface area contributed by atoms with E-state index in [1.807, 2.05) is 0 Å². The maximum Gasteiger partial charge on any atom is 0.390 e. The fourth-order valence-electron chi connectivity index (χ4n) is 4.09. The van der Waals surface area contributed by atoms with E-state index in [0.29, 0.717) is 18.1 Å². The first-order chi connectivity index (χ1) is 9.40. The molecule has 2 fully saturated rings. The van der Waals surface area contributed by atoms with Crippen molar-refractivity contribution in [2.45, 2.75) is 89.1 Å². The van der Waals surface area contributed by atoms with Crippen molar-refractivity contribution >= 4 is 0 Å². The average molecular weight is 292 g/mol. The van der Waals surface area contributed by atoms with Gasteiger partial charge in [-0.1, -0.05) is 13.3 Å². The standard InChI is InChI=1S/C15H27F3N2/c1-3-7-19-12-8-13-5-4-6-14(9-12)20(13)11(2)10-15(16,17)18/h11-14,19H,3-10H2,1-2H3. The first-order valence-electron chi connectivity index (χ1n) is 7.98. The first kappa shape index (κ1) is 16.1. The highest BCUT2D eigenvalue weighted by Crippen LogP contribution is 2.38. The van der Waals surface area contributed by atoms with Crippen LogP contribution < -0.4 is 5.32 Å². The number of rotatable bonds is 5. The Morgan fingerprint density at radius 3 is 2.30 bits per heavy atom. The van der Waals surface area contributed by atoms with Crippen molar-refractivity contribution in [1.29, 1.82) is 0 Å². The maximum absolute atomic E-state index is 12.6. The van der Waals surface area contributed by atoms with Crippen LogP contribution in [0, 0.1) is 0 Å². The van der Waals surface area contributed by atoms with Crippen LogP contribution in [0.2, 0.25) is 0 Å². The minimum atomic E-state index is -4.05. The summed E-state index contributed by atoms with van der Waals surface area (Å²) in [4.78, 5) is 2.18. The summed E-state index contributed by atoms with van der Waals surface area (Å²) >= 11 is 0. The molecule has 5 heteroatoms. The quantitative estimate of drug-likeness (QED) is 0.831. The van der Waals surface area contributed by atoms with Crippen LogP contribution in [0.1, 0.15) is 58.8 Å². The summed E-state index contributed by atoms with van der Waals surface area (Å²) in [6, 6.07) is 0.806. The molecule has 20 heavy (non-hydrogen) atoms. The molecule has 2 nitrogen and oxygen atoms in total. The zero-order chi connectivity index (χ0) is 14.8. The molecule has 2 bridgehead atoms. The molecule has 2 saturated heterocycles. The van der Waals surface area contributed by atoms with Crippen LogP contribution in [0.4, 0.5) is 13.2 Å². The van der Waals surface area contributed by atoms with Gasteiger partial charge in [-0.25, -0.2) is 0 Å². The fourth-order valence-corrected chi connectivity index (χ4v) is 4.09. The maximum atomic E-state index is 12.6. The number of fused-ring (bicyclic) bond motifs is 2. The van der Waals surface area contributed by atoms with Crippen molar-refractivity contribution in [3.8, 4) is 0 Å². The fraction of sp³-hybridized carbons (Fsp3) is 1.00. The van der Waals surface area contributed by atoms with Gasteiger partial charge in [0.1, 0.15) is 0 Å². The highest BCUT2D eigenvalue weighted by atomic mass is 19.4. The van der Waals surface area contributed by atoms with E-state index >= 15 is 0 Å². The molecule has 3 atom stereocenters. The summed E-state index contributed by atoms with van der Waals surface area (Å²) in [5, 5.41) is 3.56. The minimum absolute atomic E-state index is 0.342. The Balaban J connectivity index is 1.97. The largest absolute Gasteiger partial charge is 0.390 e. The number of hydrogen-bond donors (Lipinski definition) is 1. The Hall–Kier alpha value is -0.290. The molecule has 1 N–H and O–H groups in total. The second kappa shape index (κ2) is 6.65. The highest BCUT2D eigenvalue weighted by Gasteiger charge is 2.43. The number of nitrogens with zero attached hydrogens (tertiary/aromatic N) is 1. The molecule has 0 aromatic carbocycles. The van der Waals surface area contributed by atoms with Crippen molar-refractivity contribution in [3.05, 3.63) is 0 Å². The Morgan fingerprint density at radius 1 is 1.20 bits per heavy atom. The van der Waals surface area contributed by atoms with Gasteiger partial charge in [-0.15, -0.1) is 0 Å². The SMILES string of the molecule is CCCNC1CC2CCCC(C1)N2C(C)CC(F)(F)F. The molecule has 2 heterocycles. The summed E-state index contributed by atoms with van der Waals surface area (Å²) in [5.74, 6) is 0. The Labute approximate surface area is 120 Å². The van der Waals surface area contributed by atoms with Crippen LogP contribution >= 0.6 is 0 Å². The van der Waals surface area contributed by atoms with Crippen LogP contribution in [0.15, 0.2) is 0 Å². The lowest BCUT2D eigenvalue weighted by molar-refractivity contribution is -0.155. The second-order valence-corrected chi connectivity index (χ2v) is 6.48. The predicted molar refractivity (Wildman–Crippen MR) is 74.7 cm³/mol. The molecule has 2 rings (SSSR count). The van der Waals surface area contributed by atoms with Crippen LogP contribution in [0.3, 0.4) is 0 Å². The molecular formula is C15H27F3N2. The molecule has 0 aromatic rings. The van der Waals surface area contributed by atoms with Crippen molar-refractivity contribution < 1.29 is 13.2 Å². The van der Waals surface area contributed by atoms with E-state index in [1.165, 1.54) is 6.42 Å². The number of alkyl halides is 3. The molecule has 3 unspecified atom stereocenters. The normalized spacial score (nSPS) is 33.1. The van der Waals surface area contributed by atoms with E-state index < -0.39 is 12.6 Å². The van der Waals surface area contributed by atoms with Crippen molar-refractivity contribution in [2.24, 2.45) is 0 Å². The minimum Gasteiger partial charge on any atom is -0.314 e. The third-order valence-corrected chi connectivity index (χ3v) is 4.75. The smallest absolute Gasteiger partial charge is 0.314 e. The van der Waals surface area contributed by atoms with Gasteiger partial charge < -0.3 is 5.32 Å². The van der Waals surface area contributed by atoms with E-state index in [9.17, 15) is 13.2 Å². The van der Waals surface area contributed by atoms with Crippen LogP contribution in [0.25, 0.3) is 0 Å². The lowest BCUT2D eigenvalue weighted by Crippen LogP contribution is -2.59. The summed E-state index contributed by atoms with van der Waals surface area (Å²) in [6.45, 7) is 4.91. The first-order valence-corrected chi connectivity index (χ1v) is 7.98. The van der Waals surface area contributed by atoms with Crippen molar-refractivity contribution in [1.82, 2.24) is 10.2 Å². The van der Waals surface area contributed by atoms with Gasteiger partial charge in [0, 0.05) is 24.2 Å². The summed E-state index contributed by atoms with van der Waals surface area (Å²) in [7, 11) is 0. The van der Waals surface area contributed by atoms with Crippen LogP contribution in [-0.4, -0.2) is 41.8 Å². The number of nitrogens with one attached hydrogen (secondary N) is 1. The molecule has 0 saturated carbocycles. The van der Waals surface area contributed by atoms with Crippen LogP contribution in [-0.2, 0) is 0 Å². The van der Waals surface area contributed by atoms with Crippen molar-refractivity contribution in [2.75, 3.05) is 6.54 Å². The Morgan fingerprint density at radius 2 is 1.80 bits per heavy atom. The van der Waals surface area contributed by atoms with Gasteiger partial charge in [0.15, 0.2) is 0 Å². The van der Waals surface area contributed by atoms with Gasteiger partial charge in [-0.3, -0.25) is 4.90 Å². The Kier molecular flexibility index (Phi) is 5.35. The summed E-state index contributed by atoms with van der Waals surface area (Å²) in [6.07, 6.45) is 1.70. The number of hydrogen-bond acceptors (Lipinski definition) is 2. The van der Waals surface area contributed by atoms with E-state index in [4.69, 9.17) is 0 Å². The number of halogens is 3. The molecule has 0 spiro atoms. The van der Waals surface area contributed by atoms with Gasteiger partial charge in [0.05, 0.1) is 6.42 Å². The lowest BCUT2D eigenvalue weighted by Gasteiger charge is -2.52. The molecule has 0 aromatic heterocycles. The monoisotopic (exact) mass is 292 g/mol. The van der Waals surface area contributed by atoms with Gasteiger partial charge in [-0.05, 0) is 45.6 Å². The van der Waals surface area contributed by atoms with E-state index in [-0.39, 0.29) is 6.04 Å². The zero-order valence-corrected chi connectivity index (χ0v) is 12.5. The predicted octanol–water partition coefficient (Wildman–Crippen LogP) is 3.71. The molecule has 0 amide bonds. The van der Waals surface area contributed by atoms with Crippen molar-refractivity contribution in [3.63, 3.8) is 0 Å². The van der Waals surface area contributed by atoms with Gasteiger partial charge in [-0.2, -0.15) is 13.2 Å². The average Bonchev–Trinajstić information content (AvgIpc) is 2.32. The number of piperidine rings is 2. The third kappa shape index (κ3) is 4.10. The van der Waals surface area contributed by atoms with E-state index in [0.717, 1.165) is 38.6 Å². The Bertz CT molecular complexity index is 292. The molecule has 0 aliphatic carbocycles. The summed E-state index contributed by atoms with van der Waals surface area (Å²) in [5.41, 5.74) is 0. The van der Waals surface area contributed by atoms with E-state index in [1.54, 1.807) is 6.92 Å². The molecular weight excluding hydrogens is 265 g/mol.